The molecule has 116 valence electrons. The van der Waals surface area contributed by atoms with Crippen molar-refractivity contribution >= 4 is 5.91 Å². The van der Waals surface area contributed by atoms with Gasteiger partial charge in [-0.2, -0.15) is 0 Å². The van der Waals surface area contributed by atoms with Crippen LogP contribution in [0.4, 0.5) is 0 Å². The summed E-state index contributed by atoms with van der Waals surface area (Å²) < 4.78 is 5.88. The van der Waals surface area contributed by atoms with Crippen LogP contribution >= 0.6 is 0 Å². The van der Waals surface area contributed by atoms with Crippen LogP contribution in [0.2, 0.25) is 0 Å². The zero-order chi connectivity index (χ0) is 15.2. The average Bonchev–Trinajstić information content (AvgIpc) is 2.45. The van der Waals surface area contributed by atoms with Gasteiger partial charge in [0.2, 0.25) is 5.91 Å². The van der Waals surface area contributed by atoms with Gasteiger partial charge < -0.3 is 9.64 Å². The van der Waals surface area contributed by atoms with E-state index in [1.165, 1.54) is 5.56 Å². The van der Waals surface area contributed by atoms with Crippen molar-refractivity contribution in [1.29, 1.82) is 0 Å². The van der Waals surface area contributed by atoms with E-state index in [2.05, 4.69) is 32.9 Å². The van der Waals surface area contributed by atoms with Crippen LogP contribution in [0, 0.1) is 18.8 Å². The summed E-state index contributed by atoms with van der Waals surface area (Å²) in [4.78, 5) is 14.0. The summed E-state index contributed by atoms with van der Waals surface area (Å²) in [5, 5.41) is 0. The van der Waals surface area contributed by atoms with Gasteiger partial charge in [0.05, 0.1) is 6.61 Å². The highest BCUT2D eigenvalue weighted by molar-refractivity contribution is 5.76. The lowest BCUT2D eigenvalue weighted by Gasteiger charge is -2.32. The van der Waals surface area contributed by atoms with Crippen LogP contribution in [0.1, 0.15) is 38.7 Å². The smallest absolute Gasteiger partial charge is 0.222 e. The molecule has 0 aliphatic carbocycles. The Morgan fingerprint density at radius 2 is 2.05 bits per heavy atom. The van der Waals surface area contributed by atoms with Gasteiger partial charge in [-0.25, -0.2) is 0 Å². The first-order chi connectivity index (χ1) is 10.0. The molecule has 1 fully saturated rings. The maximum atomic E-state index is 12.0. The van der Waals surface area contributed by atoms with Crippen LogP contribution in [0.25, 0.3) is 0 Å². The third-order valence-corrected chi connectivity index (χ3v) is 4.03. The first-order valence-corrected chi connectivity index (χ1v) is 8.02. The van der Waals surface area contributed by atoms with Crippen molar-refractivity contribution in [3.05, 3.63) is 29.8 Å². The minimum absolute atomic E-state index is 0.308. The molecule has 1 aromatic rings. The maximum Gasteiger partial charge on any atom is 0.222 e. The topological polar surface area (TPSA) is 29.5 Å². The SMILES string of the molecule is Cc1cccc(OCC2CCN(C(=O)CC(C)C)CC2)c1. The fourth-order valence-corrected chi connectivity index (χ4v) is 2.75. The van der Waals surface area contributed by atoms with E-state index in [1.807, 2.05) is 17.0 Å². The van der Waals surface area contributed by atoms with Crippen molar-refractivity contribution in [1.82, 2.24) is 4.90 Å². The Labute approximate surface area is 128 Å². The van der Waals surface area contributed by atoms with Gasteiger partial charge in [-0.3, -0.25) is 4.79 Å². The predicted octanol–water partition coefficient (Wildman–Crippen LogP) is 3.66. The number of carbonyl (C=O) groups excluding carboxylic acids is 1. The van der Waals surface area contributed by atoms with Crippen molar-refractivity contribution in [2.75, 3.05) is 19.7 Å². The molecule has 21 heavy (non-hydrogen) atoms. The minimum Gasteiger partial charge on any atom is -0.493 e. The highest BCUT2D eigenvalue weighted by Crippen LogP contribution is 2.21. The highest BCUT2D eigenvalue weighted by Gasteiger charge is 2.23. The Morgan fingerprint density at radius 3 is 2.67 bits per heavy atom. The molecule has 0 atom stereocenters. The molecule has 1 saturated heterocycles. The van der Waals surface area contributed by atoms with Crippen molar-refractivity contribution in [2.45, 2.75) is 40.0 Å². The number of benzene rings is 1. The molecule has 0 bridgehead atoms. The summed E-state index contributed by atoms with van der Waals surface area (Å²) >= 11 is 0. The monoisotopic (exact) mass is 289 g/mol. The Hall–Kier alpha value is -1.51. The molecule has 0 N–H and O–H groups in total. The molecule has 3 nitrogen and oxygen atoms in total. The summed E-state index contributed by atoms with van der Waals surface area (Å²) in [5.41, 5.74) is 1.22. The minimum atomic E-state index is 0.308. The second-order valence-corrected chi connectivity index (χ2v) is 6.55. The Morgan fingerprint density at radius 1 is 1.33 bits per heavy atom. The van der Waals surface area contributed by atoms with Crippen LogP contribution in [-0.2, 0) is 4.79 Å². The van der Waals surface area contributed by atoms with E-state index in [9.17, 15) is 4.79 Å². The zero-order valence-electron chi connectivity index (χ0n) is 13.5. The van der Waals surface area contributed by atoms with E-state index in [-0.39, 0.29) is 0 Å². The molecule has 0 aromatic heterocycles. The molecule has 1 amide bonds. The van der Waals surface area contributed by atoms with E-state index in [1.54, 1.807) is 0 Å². The molecule has 0 radical (unpaired) electrons. The highest BCUT2D eigenvalue weighted by atomic mass is 16.5. The van der Waals surface area contributed by atoms with E-state index >= 15 is 0 Å². The molecule has 0 unspecified atom stereocenters. The first-order valence-electron chi connectivity index (χ1n) is 8.02. The number of hydrogen-bond donors (Lipinski definition) is 0. The number of rotatable bonds is 5. The molecule has 1 aliphatic rings. The van der Waals surface area contributed by atoms with E-state index in [0.29, 0.717) is 24.2 Å². The normalized spacial score (nSPS) is 16.3. The fourth-order valence-electron chi connectivity index (χ4n) is 2.75. The van der Waals surface area contributed by atoms with Crippen LogP contribution < -0.4 is 4.74 Å². The lowest BCUT2D eigenvalue weighted by atomic mass is 9.97. The number of aryl methyl sites for hydroxylation is 1. The molecule has 1 aromatic carbocycles. The van der Waals surface area contributed by atoms with Crippen LogP contribution in [-0.4, -0.2) is 30.5 Å². The number of nitrogens with zero attached hydrogens (tertiary/aromatic N) is 1. The van der Waals surface area contributed by atoms with Gasteiger partial charge in [-0.15, -0.1) is 0 Å². The molecular weight excluding hydrogens is 262 g/mol. The molecule has 0 spiro atoms. The lowest BCUT2D eigenvalue weighted by Crippen LogP contribution is -2.40. The van der Waals surface area contributed by atoms with Crippen LogP contribution in [0.3, 0.4) is 0 Å². The van der Waals surface area contributed by atoms with Gasteiger partial charge in [0.15, 0.2) is 0 Å². The number of ether oxygens (including phenoxy) is 1. The summed E-state index contributed by atoms with van der Waals surface area (Å²) in [7, 11) is 0. The fraction of sp³-hybridized carbons (Fsp3) is 0.611. The standard InChI is InChI=1S/C18H27NO2/c1-14(2)11-18(20)19-9-7-16(8-10-19)13-21-17-6-4-5-15(3)12-17/h4-6,12,14,16H,7-11,13H2,1-3H3. The third kappa shape index (κ3) is 5.07. The quantitative estimate of drug-likeness (QED) is 0.828. The van der Waals surface area contributed by atoms with Crippen LogP contribution in [0.5, 0.6) is 5.75 Å². The Bertz CT molecular complexity index is 462. The van der Waals surface area contributed by atoms with Crippen molar-refractivity contribution < 1.29 is 9.53 Å². The van der Waals surface area contributed by atoms with Crippen molar-refractivity contribution in [3.63, 3.8) is 0 Å². The van der Waals surface area contributed by atoms with Gasteiger partial charge in [-0.05, 0) is 49.3 Å². The van der Waals surface area contributed by atoms with E-state index in [4.69, 9.17) is 4.74 Å². The second-order valence-electron chi connectivity index (χ2n) is 6.55. The average molecular weight is 289 g/mol. The predicted molar refractivity (Wildman–Crippen MR) is 85.4 cm³/mol. The largest absolute Gasteiger partial charge is 0.493 e. The molecule has 3 heteroatoms. The van der Waals surface area contributed by atoms with Gasteiger partial charge in [0, 0.05) is 19.5 Å². The van der Waals surface area contributed by atoms with Gasteiger partial charge in [0.1, 0.15) is 5.75 Å². The summed E-state index contributed by atoms with van der Waals surface area (Å²) in [6.45, 7) is 8.79. The van der Waals surface area contributed by atoms with Gasteiger partial charge in [-0.1, -0.05) is 26.0 Å². The molecule has 0 saturated carbocycles. The molecule has 1 heterocycles. The number of piperidine rings is 1. The second kappa shape index (κ2) is 7.48. The van der Waals surface area contributed by atoms with Gasteiger partial charge >= 0.3 is 0 Å². The Kier molecular flexibility index (Phi) is 5.66. The molecular formula is C18H27NO2. The first kappa shape index (κ1) is 15.9. The van der Waals surface area contributed by atoms with E-state index in [0.717, 1.165) is 38.3 Å². The molecule has 2 rings (SSSR count). The zero-order valence-corrected chi connectivity index (χ0v) is 13.5. The van der Waals surface area contributed by atoms with Crippen molar-refractivity contribution in [3.8, 4) is 5.75 Å². The number of likely N-dealkylation sites (tertiary alicyclic amines) is 1. The number of hydrogen-bond acceptors (Lipinski definition) is 2. The van der Waals surface area contributed by atoms with E-state index < -0.39 is 0 Å². The molecule has 1 aliphatic heterocycles. The summed E-state index contributed by atoms with van der Waals surface area (Å²) in [6.07, 6.45) is 2.77. The third-order valence-electron chi connectivity index (χ3n) is 4.03. The number of amides is 1. The summed E-state index contributed by atoms with van der Waals surface area (Å²) in [6, 6.07) is 8.18. The van der Waals surface area contributed by atoms with Crippen LogP contribution in [0.15, 0.2) is 24.3 Å². The Balaban J connectivity index is 1.73. The summed E-state index contributed by atoms with van der Waals surface area (Å²) in [5.74, 6) is 2.27. The van der Waals surface area contributed by atoms with Crippen molar-refractivity contribution in [2.24, 2.45) is 11.8 Å². The van der Waals surface area contributed by atoms with Gasteiger partial charge in [0.25, 0.3) is 0 Å². The number of carbonyl (C=O) groups is 1. The maximum absolute atomic E-state index is 12.0. The lowest BCUT2D eigenvalue weighted by molar-refractivity contribution is -0.133.